The van der Waals surface area contributed by atoms with Crippen molar-refractivity contribution in [3.05, 3.63) is 76.3 Å². The lowest BCUT2D eigenvalue weighted by Crippen LogP contribution is -2.50. The summed E-state index contributed by atoms with van der Waals surface area (Å²) in [6, 6.07) is 15.8. The van der Waals surface area contributed by atoms with E-state index in [0.29, 0.717) is 11.8 Å². The third-order valence-electron chi connectivity index (χ3n) is 5.56. The molecule has 0 aromatic heterocycles. The Morgan fingerprint density at radius 2 is 1.67 bits per heavy atom. The number of anilines is 1. The Bertz CT molecular complexity index is 1190. The maximum Gasteiger partial charge on any atom is 0.416 e. The molecule has 33 heavy (non-hydrogen) atoms. The van der Waals surface area contributed by atoms with Gasteiger partial charge in [-0.2, -0.15) is 13.2 Å². The molecule has 1 heterocycles. The Morgan fingerprint density at radius 1 is 0.970 bits per heavy atom. The number of ether oxygens (including phenoxy) is 1. The van der Waals surface area contributed by atoms with Gasteiger partial charge in [0.05, 0.1) is 10.5 Å². The van der Waals surface area contributed by atoms with Gasteiger partial charge in [0, 0.05) is 32.2 Å². The number of nitro benzene ring substituents is 1. The van der Waals surface area contributed by atoms with Crippen LogP contribution in [0.15, 0.2) is 60.7 Å². The lowest BCUT2D eigenvalue weighted by atomic mass is 10.1. The van der Waals surface area contributed by atoms with Gasteiger partial charge in [-0.15, -0.1) is 0 Å². The van der Waals surface area contributed by atoms with E-state index in [9.17, 15) is 28.1 Å². The minimum absolute atomic E-state index is 0.104. The SMILES string of the molecule is O=C(COc1ccc2ccccc2c1)N1CCN(c2ccc(C(F)(F)F)cc2[N+](=O)[O-])CC1. The minimum Gasteiger partial charge on any atom is -0.484 e. The molecule has 3 aromatic carbocycles. The second-order valence-corrected chi connectivity index (χ2v) is 7.62. The molecule has 1 aliphatic rings. The van der Waals surface area contributed by atoms with Crippen LogP contribution in [0.5, 0.6) is 5.75 Å². The smallest absolute Gasteiger partial charge is 0.416 e. The number of halogens is 3. The Hall–Kier alpha value is -3.82. The molecule has 7 nitrogen and oxygen atoms in total. The van der Waals surface area contributed by atoms with Crippen molar-refractivity contribution in [1.82, 2.24) is 4.90 Å². The first-order valence-electron chi connectivity index (χ1n) is 10.2. The number of amides is 1. The van der Waals surface area contributed by atoms with Crippen molar-refractivity contribution in [3.8, 4) is 5.75 Å². The molecule has 0 radical (unpaired) electrons. The summed E-state index contributed by atoms with van der Waals surface area (Å²) in [6.07, 6.45) is -4.67. The second kappa shape index (κ2) is 8.97. The van der Waals surface area contributed by atoms with E-state index in [0.717, 1.165) is 22.9 Å². The van der Waals surface area contributed by atoms with Gasteiger partial charge in [-0.1, -0.05) is 30.3 Å². The van der Waals surface area contributed by atoms with Crippen LogP contribution in [0.1, 0.15) is 5.56 Å². The number of nitro groups is 1. The quantitative estimate of drug-likeness (QED) is 0.415. The molecule has 172 valence electrons. The van der Waals surface area contributed by atoms with Crippen LogP contribution in [0.25, 0.3) is 10.8 Å². The van der Waals surface area contributed by atoms with Crippen LogP contribution in [-0.2, 0) is 11.0 Å². The molecule has 1 aliphatic heterocycles. The number of rotatable bonds is 5. The van der Waals surface area contributed by atoms with E-state index < -0.39 is 22.4 Å². The van der Waals surface area contributed by atoms with Crippen LogP contribution >= 0.6 is 0 Å². The van der Waals surface area contributed by atoms with Crippen LogP contribution in [0.4, 0.5) is 24.5 Å². The van der Waals surface area contributed by atoms with Crippen molar-refractivity contribution < 1.29 is 27.6 Å². The van der Waals surface area contributed by atoms with Crippen molar-refractivity contribution in [3.63, 3.8) is 0 Å². The van der Waals surface area contributed by atoms with E-state index in [-0.39, 0.29) is 44.4 Å². The van der Waals surface area contributed by atoms with Gasteiger partial charge >= 0.3 is 6.18 Å². The average molecular weight is 459 g/mol. The van der Waals surface area contributed by atoms with Crippen LogP contribution in [0.3, 0.4) is 0 Å². The van der Waals surface area contributed by atoms with Crippen LogP contribution in [-0.4, -0.2) is 48.5 Å². The van der Waals surface area contributed by atoms with E-state index >= 15 is 0 Å². The number of alkyl halides is 3. The number of fused-ring (bicyclic) bond motifs is 1. The molecule has 0 spiro atoms. The normalized spacial score (nSPS) is 14.4. The molecule has 3 aromatic rings. The summed E-state index contributed by atoms with van der Waals surface area (Å²) in [7, 11) is 0. The van der Waals surface area contributed by atoms with Gasteiger partial charge in [0.1, 0.15) is 11.4 Å². The number of piperazine rings is 1. The number of hydrogen-bond donors (Lipinski definition) is 0. The number of carbonyl (C=O) groups is 1. The molecule has 1 fully saturated rings. The van der Waals surface area contributed by atoms with Gasteiger partial charge in [0.15, 0.2) is 6.61 Å². The van der Waals surface area contributed by atoms with Crippen LogP contribution < -0.4 is 9.64 Å². The monoisotopic (exact) mass is 459 g/mol. The maximum atomic E-state index is 12.9. The van der Waals surface area contributed by atoms with Crippen molar-refractivity contribution in [2.45, 2.75) is 6.18 Å². The number of hydrogen-bond acceptors (Lipinski definition) is 5. The molecule has 10 heteroatoms. The Kier molecular flexibility index (Phi) is 6.08. The summed E-state index contributed by atoms with van der Waals surface area (Å²) in [4.78, 5) is 26.3. The van der Waals surface area contributed by atoms with E-state index in [4.69, 9.17) is 4.74 Å². The predicted octanol–water partition coefficient (Wildman–Crippen LogP) is 4.49. The number of benzene rings is 3. The molecule has 0 unspecified atom stereocenters. The zero-order valence-corrected chi connectivity index (χ0v) is 17.4. The average Bonchev–Trinajstić information content (AvgIpc) is 2.81. The molecular formula is C23H20F3N3O4. The van der Waals surface area contributed by atoms with Crippen molar-refractivity contribution in [2.75, 3.05) is 37.7 Å². The first kappa shape index (κ1) is 22.4. The fraction of sp³-hybridized carbons (Fsp3) is 0.261. The summed E-state index contributed by atoms with van der Waals surface area (Å²) in [5, 5.41) is 13.4. The van der Waals surface area contributed by atoms with Gasteiger partial charge in [0.25, 0.3) is 11.6 Å². The van der Waals surface area contributed by atoms with Crippen LogP contribution in [0, 0.1) is 10.1 Å². The summed E-state index contributed by atoms with van der Waals surface area (Å²) in [6.45, 7) is 0.913. The van der Waals surface area contributed by atoms with E-state index in [1.54, 1.807) is 15.9 Å². The lowest BCUT2D eigenvalue weighted by Gasteiger charge is -2.35. The topological polar surface area (TPSA) is 75.9 Å². The highest BCUT2D eigenvalue weighted by atomic mass is 19.4. The summed E-state index contributed by atoms with van der Waals surface area (Å²) < 4.78 is 44.4. The predicted molar refractivity (Wildman–Crippen MR) is 116 cm³/mol. The van der Waals surface area contributed by atoms with Gasteiger partial charge < -0.3 is 14.5 Å². The first-order chi connectivity index (χ1) is 15.7. The molecule has 0 bridgehead atoms. The zero-order valence-electron chi connectivity index (χ0n) is 17.4. The molecule has 1 amide bonds. The van der Waals surface area contributed by atoms with Gasteiger partial charge in [0.2, 0.25) is 0 Å². The summed E-state index contributed by atoms with van der Waals surface area (Å²) >= 11 is 0. The third-order valence-corrected chi connectivity index (χ3v) is 5.56. The Morgan fingerprint density at radius 3 is 2.33 bits per heavy atom. The number of carbonyl (C=O) groups excluding carboxylic acids is 1. The summed E-state index contributed by atoms with van der Waals surface area (Å²) in [5.41, 5.74) is -1.57. The Labute approximate surface area is 187 Å². The zero-order chi connectivity index (χ0) is 23.6. The van der Waals surface area contributed by atoms with E-state index in [1.165, 1.54) is 0 Å². The molecule has 0 aliphatic carbocycles. The van der Waals surface area contributed by atoms with Crippen molar-refractivity contribution in [2.24, 2.45) is 0 Å². The summed E-state index contributed by atoms with van der Waals surface area (Å²) in [5.74, 6) is 0.339. The fourth-order valence-corrected chi connectivity index (χ4v) is 3.80. The first-order valence-corrected chi connectivity index (χ1v) is 10.2. The highest BCUT2D eigenvalue weighted by Gasteiger charge is 2.34. The fourth-order valence-electron chi connectivity index (χ4n) is 3.80. The molecule has 4 rings (SSSR count). The minimum atomic E-state index is -4.67. The van der Waals surface area contributed by atoms with Gasteiger partial charge in [-0.3, -0.25) is 14.9 Å². The van der Waals surface area contributed by atoms with Crippen molar-refractivity contribution in [1.29, 1.82) is 0 Å². The highest BCUT2D eigenvalue weighted by molar-refractivity contribution is 5.84. The molecule has 0 atom stereocenters. The highest BCUT2D eigenvalue weighted by Crippen LogP contribution is 2.36. The standard InChI is InChI=1S/C23H20F3N3O4/c24-23(25,26)18-6-8-20(21(14-18)29(31)32)27-9-11-28(12-10-27)22(30)15-33-19-7-5-16-3-1-2-4-17(16)13-19/h1-8,13-14H,9-12,15H2. The lowest BCUT2D eigenvalue weighted by molar-refractivity contribution is -0.384. The maximum absolute atomic E-state index is 12.9. The molecule has 1 saturated heterocycles. The van der Waals surface area contributed by atoms with Crippen molar-refractivity contribution >= 4 is 28.1 Å². The molecular weight excluding hydrogens is 439 g/mol. The number of nitrogens with zero attached hydrogens (tertiary/aromatic N) is 3. The van der Waals surface area contributed by atoms with Gasteiger partial charge in [-0.25, -0.2) is 0 Å². The van der Waals surface area contributed by atoms with E-state index in [2.05, 4.69) is 0 Å². The third kappa shape index (κ3) is 5.00. The second-order valence-electron chi connectivity index (χ2n) is 7.62. The molecule has 0 saturated carbocycles. The largest absolute Gasteiger partial charge is 0.484 e. The van der Waals surface area contributed by atoms with Gasteiger partial charge in [-0.05, 0) is 35.0 Å². The Balaban J connectivity index is 1.37. The molecule has 0 N–H and O–H groups in total. The van der Waals surface area contributed by atoms with Crippen LogP contribution in [0.2, 0.25) is 0 Å². The van der Waals surface area contributed by atoms with E-state index in [1.807, 2.05) is 36.4 Å².